The molecule has 0 aromatic heterocycles. The largest absolute Gasteiger partial charge is 0.337 e. The van der Waals surface area contributed by atoms with Gasteiger partial charge in [0.05, 0.1) is 0 Å². The second-order valence-corrected chi connectivity index (χ2v) is 5.69. The van der Waals surface area contributed by atoms with Crippen molar-refractivity contribution < 1.29 is 4.79 Å². The molecule has 1 amide bonds. The average molecular weight is 260 g/mol. The van der Waals surface area contributed by atoms with E-state index in [0.29, 0.717) is 12.0 Å². The average Bonchev–Trinajstić information content (AvgIpc) is 2.46. The molecule has 1 aromatic rings. The van der Waals surface area contributed by atoms with Crippen molar-refractivity contribution in [3.05, 3.63) is 35.4 Å². The summed E-state index contributed by atoms with van der Waals surface area (Å²) in [5.74, 6) is 0.633. The topological polar surface area (TPSA) is 32.3 Å². The molecule has 0 radical (unpaired) electrons. The SMILES string of the molecule is CC(C)c1ccc(C(=O)N(C)[C@H]2CCCNC2)cc1. The summed E-state index contributed by atoms with van der Waals surface area (Å²) < 4.78 is 0. The molecule has 3 heteroatoms. The summed E-state index contributed by atoms with van der Waals surface area (Å²) in [6, 6.07) is 8.34. The minimum atomic E-state index is 0.129. The van der Waals surface area contributed by atoms with Crippen LogP contribution in [0.25, 0.3) is 0 Å². The highest BCUT2D eigenvalue weighted by Gasteiger charge is 2.22. The molecule has 1 heterocycles. The summed E-state index contributed by atoms with van der Waals surface area (Å²) in [7, 11) is 1.91. The first kappa shape index (κ1) is 14.1. The lowest BCUT2D eigenvalue weighted by Crippen LogP contribution is -2.46. The molecule has 1 aliphatic rings. The van der Waals surface area contributed by atoms with Crippen LogP contribution < -0.4 is 5.32 Å². The number of hydrogen-bond donors (Lipinski definition) is 1. The lowest BCUT2D eigenvalue weighted by atomic mass is 10.0. The van der Waals surface area contributed by atoms with Gasteiger partial charge in [-0.05, 0) is 43.0 Å². The van der Waals surface area contributed by atoms with Gasteiger partial charge in [-0.15, -0.1) is 0 Å². The first-order valence-electron chi connectivity index (χ1n) is 7.17. The Labute approximate surface area is 116 Å². The van der Waals surface area contributed by atoms with Crippen LogP contribution in [0.3, 0.4) is 0 Å². The predicted octanol–water partition coefficient (Wildman–Crippen LogP) is 2.63. The van der Waals surface area contributed by atoms with Gasteiger partial charge in [-0.2, -0.15) is 0 Å². The van der Waals surface area contributed by atoms with Crippen molar-refractivity contribution in [2.24, 2.45) is 0 Å². The first-order chi connectivity index (χ1) is 9.09. The predicted molar refractivity (Wildman–Crippen MR) is 78.5 cm³/mol. The van der Waals surface area contributed by atoms with E-state index in [1.165, 1.54) is 5.56 Å². The lowest BCUT2D eigenvalue weighted by Gasteiger charge is -2.31. The zero-order chi connectivity index (χ0) is 13.8. The maximum atomic E-state index is 12.4. The summed E-state index contributed by atoms with van der Waals surface area (Å²) in [5, 5.41) is 3.35. The van der Waals surface area contributed by atoms with Crippen LogP contribution in [-0.2, 0) is 0 Å². The van der Waals surface area contributed by atoms with Crippen molar-refractivity contribution in [1.82, 2.24) is 10.2 Å². The molecule has 104 valence electrons. The Bertz CT molecular complexity index is 419. The highest BCUT2D eigenvalue weighted by molar-refractivity contribution is 5.94. The fraction of sp³-hybridized carbons (Fsp3) is 0.562. The number of carbonyl (C=O) groups is 1. The molecule has 19 heavy (non-hydrogen) atoms. The number of likely N-dealkylation sites (N-methyl/N-ethyl adjacent to an activating group) is 1. The molecular formula is C16H24N2O. The summed E-state index contributed by atoms with van der Waals surface area (Å²) in [6.07, 6.45) is 2.24. The van der Waals surface area contributed by atoms with E-state index in [0.717, 1.165) is 31.5 Å². The number of rotatable bonds is 3. The van der Waals surface area contributed by atoms with Crippen molar-refractivity contribution in [2.45, 2.75) is 38.6 Å². The van der Waals surface area contributed by atoms with E-state index in [4.69, 9.17) is 0 Å². The van der Waals surface area contributed by atoms with Crippen LogP contribution in [0.1, 0.15) is 48.5 Å². The van der Waals surface area contributed by atoms with Gasteiger partial charge in [0.15, 0.2) is 0 Å². The summed E-state index contributed by atoms with van der Waals surface area (Å²) >= 11 is 0. The van der Waals surface area contributed by atoms with Crippen LogP contribution in [0.4, 0.5) is 0 Å². The Hall–Kier alpha value is -1.35. The van der Waals surface area contributed by atoms with Gasteiger partial charge in [0, 0.05) is 25.2 Å². The second-order valence-electron chi connectivity index (χ2n) is 5.69. The molecule has 0 unspecified atom stereocenters. The Morgan fingerprint density at radius 1 is 1.32 bits per heavy atom. The Morgan fingerprint density at radius 3 is 2.53 bits per heavy atom. The van der Waals surface area contributed by atoms with Crippen LogP contribution in [0.5, 0.6) is 0 Å². The first-order valence-corrected chi connectivity index (χ1v) is 7.17. The van der Waals surface area contributed by atoms with Gasteiger partial charge in [0.2, 0.25) is 0 Å². The number of piperidine rings is 1. The summed E-state index contributed by atoms with van der Waals surface area (Å²) in [5.41, 5.74) is 2.07. The number of nitrogens with one attached hydrogen (secondary N) is 1. The van der Waals surface area contributed by atoms with Crippen molar-refractivity contribution in [1.29, 1.82) is 0 Å². The molecule has 1 fully saturated rings. The molecule has 0 saturated carbocycles. The standard InChI is InChI=1S/C16H24N2O/c1-12(2)13-6-8-14(9-7-13)16(19)18(3)15-5-4-10-17-11-15/h6-9,12,15,17H,4-5,10-11H2,1-3H3/t15-/m0/s1. The third kappa shape index (κ3) is 3.35. The zero-order valence-corrected chi connectivity index (χ0v) is 12.1. The van der Waals surface area contributed by atoms with Gasteiger partial charge in [-0.3, -0.25) is 4.79 Å². The van der Waals surface area contributed by atoms with Crippen molar-refractivity contribution in [3.63, 3.8) is 0 Å². The van der Waals surface area contributed by atoms with Gasteiger partial charge in [-0.25, -0.2) is 0 Å². The van der Waals surface area contributed by atoms with Gasteiger partial charge in [-0.1, -0.05) is 26.0 Å². The smallest absolute Gasteiger partial charge is 0.253 e. The highest BCUT2D eigenvalue weighted by Crippen LogP contribution is 2.17. The van der Waals surface area contributed by atoms with Gasteiger partial charge < -0.3 is 10.2 Å². The van der Waals surface area contributed by atoms with Crippen LogP contribution in [0.2, 0.25) is 0 Å². The van der Waals surface area contributed by atoms with Crippen molar-refractivity contribution >= 4 is 5.91 Å². The summed E-state index contributed by atoms with van der Waals surface area (Å²) in [6.45, 7) is 6.31. The molecule has 1 N–H and O–H groups in total. The molecule has 2 rings (SSSR count). The summed E-state index contributed by atoms with van der Waals surface area (Å²) in [4.78, 5) is 14.3. The Kier molecular flexibility index (Phi) is 4.59. The van der Waals surface area contributed by atoms with E-state index >= 15 is 0 Å². The van der Waals surface area contributed by atoms with E-state index in [9.17, 15) is 4.79 Å². The quantitative estimate of drug-likeness (QED) is 0.906. The molecular weight excluding hydrogens is 236 g/mol. The molecule has 1 atom stereocenters. The van der Waals surface area contributed by atoms with Crippen molar-refractivity contribution in [2.75, 3.05) is 20.1 Å². The van der Waals surface area contributed by atoms with E-state index in [-0.39, 0.29) is 5.91 Å². The molecule has 1 saturated heterocycles. The van der Waals surface area contributed by atoms with Crippen LogP contribution in [0.15, 0.2) is 24.3 Å². The number of carbonyl (C=O) groups excluding carboxylic acids is 1. The molecule has 0 spiro atoms. The second kappa shape index (κ2) is 6.20. The van der Waals surface area contributed by atoms with Crippen molar-refractivity contribution in [3.8, 4) is 0 Å². The van der Waals surface area contributed by atoms with Gasteiger partial charge in [0.25, 0.3) is 5.91 Å². The van der Waals surface area contributed by atoms with Crippen LogP contribution >= 0.6 is 0 Å². The third-order valence-electron chi connectivity index (χ3n) is 3.96. The van der Waals surface area contributed by atoms with Gasteiger partial charge >= 0.3 is 0 Å². The zero-order valence-electron chi connectivity index (χ0n) is 12.1. The normalized spacial score (nSPS) is 19.5. The maximum Gasteiger partial charge on any atom is 0.253 e. The van der Waals surface area contributed by atoms with E-state index in [1.54, 1.807) is 0 Å². The van der Waals surface area contributed by atoms with E-state index in [2.05, 4.69) is 31.3 Å². The molecule has 1 aromatic carbocycles. The Balaban J connectivity index is 2.05. The number of hydrogen-bond acceptors (Lipinski definition) is 2. The number of nitrogens with zero attached hydrogens (tertiary/aromatic N) is 1. The third-order valence-corrected chi connectivity index (χ3v) is 3.96. The van der Waals surface area contributed by atoms with Crippen LogP contribution in [-0.4, -0.2) is 37.0 Å². The fourth-order valence-corrected chi connectivity index (χ4v) is 2.54. The number of benzene rings is 1. The Morgan fingerprint density at radius 2 is 2.00 bits per heavy atom. The lowest BCUT2D eigenvalue weighted by molar-refractivity contribution is 0.0708. The number of amides is 1. The van der Waals surface area contributed by atoms with Gasteiger partial charge in [0.1, 0.15) is 0 Å². The minimum Gasteiger partial charge on any atom is -0.337 e. The molecule has 1 aliphatic heterocycles. The fourth-order valence-electron chi connectivity index (χ4n) is 2.54. The van der Waals surface area contributed by atoms with E-state index < -0.39 is 0 Å². The monoisotopic (exact) mass is 260 g/mol. The van der Waals surface area contributed by atoms with Crippen LogP contribution in [0, 0.1) is 0 Å². The highest BCUT2D eigenvalue weighted by atomic mass is 16.2. The molecule has 0 aliphatic carbocycles. The van der Waals surface area contributed by atoms with E-state index in [1.807, 2.05) is 24.1 Å². The molecule has 0 bridgehead atoms. The molecule has 3 nitrogen and oxygen atoms in total. The maximum absolute atomic E-state index is 12.4. The minimum absolute atomic E-state index is 0.129.